The van der Waals surface area contributed by atoms with Gasteiger partial charge in [-0.2, -0.15) is 4.98 Å². The summed E-state index contributed by atoms with van der Waals surface area (Å²) in [5.41, 5.74) is 1.29. The van der Waals surface area contributed by atoms with Gasteiger partial charge in [0.2, 0.25) is 0 Å². The molecule has 2 amide bonds. The first-order chi connectivity index (χ1) is 17.0. The smallest absolute Gasteiger partial charge is 0.304 e. The Bertz CT molecular complexity index is 1260. The lowest BCUT2D eigenvalue weighted by molar-refractivity contribution is -0.129. The second kappa shape index (κ2) is 9.91. The number of anilines is 1. The van der Waals surface area contributed by atoms with Gasteiger partial charge in [-0.25, -0.2) is 0 Å². The lowest BCUT2D eigenvalue weighted by Gasteiger charge is -2.25. The van der Waals surface area contributed by atoms with E-state index in [1.165, 1.54) is 4.90 Å². The summed E-state index contributed by atoms with van der Waals surface area (Å²) < 4.78 is 7.94. The van der Waals surface area contributed by atoms with E-state index in [4.69, 9.17) is 32.9 Å². The lowest BCUT2D eigenvalue weighted by Crippen LogP contribution is -2.46. The van der Waals surface area contributed by atoms with Crippen LogP contribution in [0, 0.1) is 0 Å². The molecule has 3 heterocycles. The van der Waals surface area contributed by atoms with E-state index in [1.807, 2.05) is 24.0 Å². The zero-order valence-corrected chi connectivity index (χ0v) is 20.9. The molecular weight excluding hydrogens is 487 g/mol. The highest BCUT2D eigenvalue weighted by Crippen LogP contribution is 2.38. The summed E-state index contributed by atoms with van der Waals surface area (Å²) in [5.74, 6) is 0.528. The van der Waals surface area contributed by atoms with E-state index in [1.54, 1.807) is 41.0 Å². The van der Waals surface area contributed by atoms with Gasteiger partial charge in [0.1, 0.15) is 11.8 Å². The fourth-order valence-electron chi connectivity index (χ4n) is 4.68. The van der Waals surface area contributed by atoms with Crippen molar-refractivity contribution < 1.29 is 14.3 Å². The van der Waals surface area contributed by atoms with E-state index >= 15 is 0 Å². The highest BCUT2D eigenvalue weighted by atomic mass is 35.5. The number of carbonyl (C=O) groups excluding carboxylic acids is 2. The first kappa shape index (κ1) is 23.7. The number of aromatic nitrogens is 2. The van der Waals surface area contributed by atoms with Gasteiger partial charge in [0.15, 0.2) is 11.5 Å². The third-order valence-electron chi connectivity index (χ3n) is 6.43. The number of fused-ring (bicyclic) bond motifs is 3. The molecule has 0 bridgehead atoms. The van der Waals surface area contributed by atoms with Crippen LogP contribution in [0.25, 0.3) is 0 Å². The van der Waals surface area contributed by atoms with E-state index in [2.05, 4.69) is 0 Å². The molecule has 0 spiro atoms. The minimum Gasteiger partial charge on any atom is -0.425 e. The van der Waals surface area contributed by atoms with Crippen LogP contribution in [0.2, 0.25) is 10.0 Å². The van der Waals surface area contributed by atoms with E-state index in [0.29, 0.717) is 53.4 Å². The van der Waals surface area contributed by atoms with Gasteiger partial charge in [-0.1, -0.05) is 54.7 Å². The zero-order valence-electron chi connectivity index (χ0n) is 19.4. The minimum absolute atomic E-state index is 0.144. The molecule has 2 aliphatic heterocycles. The predicted molar refractivity (Wildman–Crippen MR) is 136 cm³/mol. The van der Waals surface area contributed by atoms with E-state index in [9.17, 15) is 9.59 Å². The molecule has 1 atom stereocenters. The van der Waals surface area contributed by atoms with Crippen LogP contribution in [-0.2, 0) is 11.3 Å². The van der Waals surface area contributed by atoms with Gasteiger partial charge in [-0.15, -0.1) is 0 Å². The second-order valence-corrected chi connectivity index (χ2v) is 9.71. The Balaban J connectivity index is 1.65. The molecule has 0 saturated carbocycles. The van der Waals surface area contributed by atoms with Crippen LogP contribution in [0.5, 0.6) is 11.8 Å². The molecule has 0 radical (unpaired) electrons. The maximum absolute atomic E-state index is 13.9. The average Bonchev–Trinajstić information content (AvgIpc) is 3.44. The van der Waals surface area contributed by atoms with Gasteiger partial charge in [-0.3, -0.25) is 19.1 Å². The Hall–Kier alpha value is -3.03. The molecule has 5 rings (SSSR count). The SMILES string of the molecule is CCCCN1C(=O)c2c(nc(Oc3cccc(Cl)c3)n2Cc2ccc(Cl)cc2)N2CCC[C@H]2C1=O. The number of imide groups is 1. The molecule has 1 saturated heterocycles. The summed E-state index contributed by atoms with van der Waals surface area (Å²) in [5, 5.41) is 1.16. The number of unbranched alkanes of at least 4 members (excludes halogenated alkanes) is 1. The third kappa shape index (κ3) is 4.62. The number of rotatable bonds is 7. The van der Waals surface area contributed by atoms with Crippen molar-refractivity contribution >= 4 is 40.8 Å². The molecule has 0 unspecified atom stereocenters. The van der Waals surface area contributed by atoms with Gasteiger partial charge < -0.3 is 9.64 Å². The summed E-state index contributed by atoms with van der Waals surface area (Å²) in [6.45, 7) is 3.42. The first-order valence-electron chi connectivity index (χ1n) is 11.9. The molecule has 7 nitrogen and oxygen atoms in total. The second-order valence-electron chi connectivity index (χ2n) is 8.84. The lowest BCUT2D eigenvalue weighted by atomic mass is 10.2. The number of amides is 2. The first-order valence-corrected chi connectivity index (χ1v) is 12.6. The highest BCUT2D eigenvalue weighted by Gasteiger charge is 2.45. The number of nitrogens with zero attached hydrogens (tertiary/aromatic N) is 4. The molecule has 1 aromatic heterocycles. The molecule has 0 aliphatic carbocycles. The van der Waals surface area contributed by atoms with Gasteiger partial charge in [0.05, 0.1) is 6.54 Å². The topological polar surface area (TPSA) is 67.7 Å². The van der Waals surface area contributed by atoms with Crippen molar-refractivity contribution in [3.8, 4) is 11.8 Å². The van der Waals surface area contributed by atoms with Crippen LogP contribution in [0.4, 0.5) is 5.82 Å². The van der Waals surface area contributed by atoms with Crippen molar-refractivity contribution in [2.24, 2.45) is 0 Å². The molecule has 182 valence electrons. The summed E-state index contributed by atoms with van der Waals surface area (Å²) >= 11 is 12.3. The monoisotopic (exact) mass is 512 g/mol. The van der Waals surface area contributed by atoms with Crippen LogP contribution >= 0.6 is 23.2 Å². The number of hydrogen-bond donors (Lipinski definition) is 0. The van der Waals surface area contributed by atoms with Crippen molar-refractivity contribution in [2.45, 2.75) is 45.2 Å². The summed E-state index contributed by atoms with van der Waals surface area (Å²) in [7, 11) is 0. The fraction of sp³-hybridized carbons (Fsp3) is 0.346. The van der Waals surface area contributed by atoms with E-state index in [0.717, 1.165) is 24.8 Å². The number of carbonyl (C=O) groups is 2. The zero-order chi connectivity index (χ0) is 24.5. The Morgan fingerprint density at radius 2 is 1.89 bits per heavy atom. The van der Waals surface area contributed by atoms with Crippen molar-refractivity contribution in [1.29, 1.82) is 0 Å². The van der Waals surface area contributed by atoms with Crippen LogP contribution in [0.1, 0.15) is 48.7 Å². The van der Waals surface area contributed by atoms with Crippen LogP contribution in [-0.4, -0.2) is 45.4 Å². The molecule has 0 N–H and O–H groups in total. The molecule has 1 fully saturated rings. The molecular formula is C26H26Cl2N4O3. The van der Waals surface area contributed by atoms with Crippen molar-refractivity contribution in [2.75, 3.05) is 18.0 Å². The molecule has 2 aliphatic rings. The van der Waals surface area contributed by atoms with Crippen LogP contribution in [0.3, 0.4) is 0 Å². The standard InChI is InChI=1S/C26H26Cl2N4O3/c1-2-3-13-31-24(33)21-8-5-14-30(21)23-22(25(31)34)32(16-17-9-11-18(27)12-10-17)26(29-23)35-20-7-4-6-19(28)15-20/h4,6-7,9-12,15,21H,2-3,5,8,13-14,16H2,1H3/t21-/m0/s1. The third-order valence-corrected chi connectivity index (χ3v) is 6.92. The van der Waals surface area contributed by atoms with Gasteiger partial charge >= 0.3 is 6.01 Å². The van der Waals surface area contributed by atoms with E-state index < -0.39 is 6.04 Å². The summed E-state index contributed by atoms with van der Waals surface area (Å²) in [6.07, 6.45) is 3.19. The number of halogens is 2. The largest absolute Gasteiger partial charge is 0.425 e. The number of ether oxygens (including phenoxy) is 1. The van der Waals surface area contributed by atoms with Gasteiger partial charge in [0, 0.05) is 23.1 Å². The summed E-state index contributed by atoms with van der Waals surface area (Å²) in [6, 6.07) is 14.3. The maximum Gasteiger partial charge on any atom is 0.304 e. The quantitative estimate of drug-likeness (QED) is 0.375. The Labute approximate surface area is 214 Å². The average molecular weight is 513 g/mol. The molecule has 2 aromatic carbocycles. The molecule has 9 heteroatoms. The Kier molecular flexibility index (Phi) is 6.71. The normalized spacial score (nSPS) is 17.4. The maximum atomic E-state index is 13.9. The van der Waals surface area contributed by atoms with Gasteiger partial charge in [0.25, 0.3) is 11.8 Å². The number of benzene rings is 2. The van der Waals surface area contributed by atoms with Gasteiger partial charge in [-0.05, 0) is 55.2 Å². The van der Waals surface area contributed by atoms with Crippen LogP contribution in [0.15, 0.2) is 48.5 Å². The highest BCUT2D eigenvalue weighted by molar-refractivity contribution is 6.30. The number of hydrogen-bond acceptors (Lipinski definition) is 5. The minimum atomic E-state index is -0.394. The van der Waals surface area contributed by atoms with Crippen molar-refractivity contribution in [3.05, 3.63) is 69.8 Å². The van der Waals surface area contributed by atoms with E-state index in [-0.39, 0.29) is 17.8 Å². The molecule has 35 heavy (non-hydrogen) atoms. The summed E-state index contributed by atoms with van der Waals surface area (Å²) in [4.78, 5) is 35.4. The predicted octanol–water partition coefficient (Wildman–Crippen LogP) is 5.78. The Morgan fingerprint density at radius 3 is 2.63 bits per heavy atom. The van der Waals surface area contributed by atoms with Crippen molar-refractivity contribution in [3.63, 3.8) is 0 Å². The number of imidazole rings is 1. The van der Waals surface area contributed by atoms with Crippen molar-refractivity contribution in [1.82, 2.24) is 14.5 Å². The van der Waals surface area contributed by atoms with Crippen LogP contribution < -0.4 is 9.64 Å². The molecule has 3 aromatic rings. The Morgan fingerprint density at radius 1 is 1.09 bits per heavy atom. The fourth-order valence-corrected chi connectivity index (χ4v) is 4.98.